The molecule has 2 rings (SSSR count). The van der Waals surface area contributed by atoms with Crippen LogP contribution < -0.4 is 20.5 Å². The van der Waals surface area contributed by atoms with Crippen molar-refractivity contribution in [2.75, 3.05) is 26.5 Å². The number of carbonyl (C=O) groups is 1. The van der Waals surface area contributed by atoms with Gasteiger partial charge in [-0.3, -0.25) is 4.79 Å². The van der Waals surface area contributed by atoms with E-state index in [-0.39, 0.29) is 5.91 Å². The second-order valence-electron chi connectivity index (χ2n) is 4.78. The number of carbonyl (C=O) groups excluding carboxylic acids is 1. The van der Waals surface area contributed by atoms with Crippen LogP contribution in [-0.4, -0.2) is 26.7 Å². The van der Waals surface area contributed by atoms with E-state index >= 15 is 0 Å². The zero-order valence-corrected chi connectivity index (χ0v) is 11.4. The van der Waals surface area contributed by atoms with Gasteiger partial charge in [0.25, 0.3) is 5.91 Å². The molecule has 0 unspecified atom stereocenters. The molecule has 19 heavy (non-hydrogen) atoms. The summed E-state index contributed by atoms with van der Waals surface area (Å²) in [4.78, 5) is 12.1. The summed E-state index contributed by atoms with van der Waals surface area (Å²) in [7, 11) is 3.06. The molecule has 0 radical (unpaired) electrons. The molecule has 5 heteroatoms. The van der Waals surface area contributed by atoms with Gasteiger partial charge in [-0.2, -0.15) is 0 Å². The SMILES string of the molecule is COc1cc(OC)c(N)c(C(=O)NCCC2CC2)c1. The fraction of sp³-hybridized carbons (Fsp3) is 0.500. The molecule has 1 aromatic rings. The maximum absolute atomic E-state index is 12.1. The number of methoxy groups -OCH3 is 2. The minimum atomic E-state index is -0.185. The van der Waals surface area contributed by atoms with Gasteiger partial charge < -0.3 is 20.5 Å². The van der Waals surface area contributed by atoms with E-state index in [1.54, 1.807) is 19.2 Å². The average molecular weight is 264 g/mol. The molecule has 1 amide bonds. The number of amides is 1. The Morgan fingerprint density at radius 2 is 2.11 bits per heavy atom. The first-order valence-corrected chi connectivity index (χ1v) is 6.45. The van der Waals surface area contributed by atoms with E-state index < -0.39 is 0 Å². The van der Waals surface area contributed by atoms with Gasteiger partial charge in [0.1, 0.15) is 11.5 Å². The zero-order valence-electron chi connectivity index (χ0n) is 11.4. The molecule has 3 N–H and O–H groups in total. The smallest absolute Gasteiger partial charge is 0.253 e. The lowest BCUT2D eigenvalue weighted by Crippen LogP contribution is -2.25. The monoisotopic (exact) mass is 264 g/mol. The fourth-order valence-corrected chi connectivity index (χ4v) is 1.97. The standard InChI is InChI=1S/C14H20N2O3/c1-18-10-7-11(13(15)12(8-10)19-2)14(17)16-6-5-9-3-4-9/h7-9H,3-6,15H2,1-2H3,(H,16,17). The predicted molar refractivity (Wildman–Crippen MR) is 73.6 cm³/mol. The lowest BCUT2D eigenvalue weighted by Gasteiger charge is -2.12. The van der Waals surface area contributed by atoms with Gasteiger partial charge in [0.2, 0.25) is 0 Å². The van der Waals surface area contributed by atoms with Crippen LogP contribution in [0.5, 0.6) is 11.5 Å². The molecule has 1 aliphatic rings. The third kappa shape index (κ3) is 3.30. The Balaban J connectivity index is 2.09. The fourth-order valence-electron chi connectivity index (χ4n) is 1.97. The molecule has 1 saturated carbocycles. The van der Waals surface area contributed by atoms with Crippen molar-refractivity contribution in [2.45, 2.75) is 19.3 Å². The molecule has 104 valence electrons. The molecule has 0 aliphatic heterocycles. The number of nitrogen functional groups attached to an aromatic ring is 1. The summed E-state index contributed by atoms with van der Waals surface area (Å²) in [5.74, 6) is 1.61. The Labute approximate surface area is 113 Å². The largest absolute Gasteiger partial charge is 0.497 e. The number of nitrogens with two attached hydrogens (primary N) is 1. The van der Waals surface area contributed by atoms with E-state index in [0.29, 0.717) is 29.3 Å². The molecule has 1 aromatic carbocycles. The Morgan fingerprint density at radius 3 is 2.68 bits per heavy atom. The number of benzene rings is 1. The molecule has 0 atom stereocenters. The summed E-state index contributed by atoms with van der Waals surface area (Å²) in [6, 6.07) is 3.29. The summed E-state index contributed by atoms with van der Waals surface area (Å²) in [6.45, 7) is 0.683. The summed E-state index contributed by atoms with van der Waals surface area (Å²) in [5, 5.41) is 2.88. The van der Waals surface area contributed by atoms with Gasteiger partial charge in [-0.15, -0.1) is 0 Å². The third-order valence-electron chi connectivity index (χ3n) is 3.35. The first-order chi connectivity index (χ1) is 9.15. The van der Waals surface area contributed by atoms with Gasteiger partial charge in [-0.1, -0.05) is 12.8 Å². The highest BCUT2D eigenvalue weighted by molar-refractivity contribution is 6.00. The predicted octanol–water partition coefficient (Wildman–Crippen LogP) is 1.82. The quantitative estimate of drug-likeness (QED) is 0.769. The van der Waals surface area contributed by atoms with Gasteiger partial charge in [0, 0.05) is 12.6 Å². The molecular formula is C14H20N2O3. The normalized spacial score (nSPS) is 14.0. The van der Waals surface area contributed by atoms with E-state index in [0.717, 1.165) is 12.3 Å². The van der Waals surface area contributed by atoms with Crippen LogP contribution in [0.4, 0.5) is 5.69 Å². The van der Waals surface area contributed by atoms with Gasteiger partial charge in [0.15, 0.2) is 0 Å². The first-order valence-electron chi connectivity index (χ1n) is 6.45. The van der Waals surface area contributed by atoms with Crippen molar-refractivity contribution in [3.8, 4) is 11.5 Å². The lowest BCUT2D eigenvalue weighted by molar-refractivity contribution is 0.0953. The van der Waals surface area contributed by atoms with E-state index in [2.05, 4.69) is 5.32 Å². The number of anilines is 1. The molecule has 0 aromatic heterocycles. The highest BCUT2D eigenvalue weighted by Crippen LogP contribution is 2.32. The van der Waals surface area contributed by atoms with Crippen LogP contribution in [0.25, 0.3) is 0 Å². The van der Waals surface area contributed by atoms with Gasteiger partial charge in [0.05, 0.1) is 25.5 Å². The van der Waals surface area contributed by atoms with Crippen molar-refractivity contribution in [1.29, 1.82) is 0 Å². The molecule has 5 nitrogen and oxygen atoms in total. The van der Waals surface area contributed by atoms with Crippen LogP contribution >= 0.6 is 0 Å². The van der Waals surface area contributed by atoms with E-state index in [4.69, 9.17) is 15.2 Å². The van der Waals surface area contributed by atoms with E-state index in [1.165, 1.54) is 20.0 Å². The Morgan fingerprint density at radius 1 is 1.37 bits per heavy atom. The summed E-state index contributed by atoms with van der Waals surface area (Å²) in [6.07, 6.45) is 3.60. The van der Waals surface area contributed by atoms with E-state index in [9.17, 15) is 4.79 Å². The molecule has 1 aliphatic carbocycles. The van der Waals surface area contributed by atoms with Crippen LogP contribution in [0, 0.1) is 5.92 Å². The number of hydrogen-bond donors (Lipinski definition) is 2. The first kappa shape index (κ1) is 13.5. The summed E-state index contributed by atoms with van der Waals surface area (Å²) in [5.41, 5.74) is 6.66. The number of nitrogens with one attached hydrogen (secondary N) is 1. The number of hydrogen-bond acceptors (Lipinski definition) is 4. The topological polar surface area (TPSA) is 73.6 Å². The maximum atomic E-state index is 12.1. The maximum Gasteiger partial charge on any atom is 0.253 e. The van der Waals surface area contributed by atoms with Crippen LogP contribution in [0.15, 0.2) is 12.1 Å². The summed E-state index contributed by atoms with van der Waals surface area (Å²) >= 11 is 0. The van der Waals surface area contributed by atoms with E-state index in [1.807, 2.05) is 0 Å². The Hall–Kier alpha value is -1.91. The van der Waals surface area contributed by atoms with Gasteiger partial charge in [-0.05, 0) is 18.4 Å². The van der Waals surface area contributed by atoms with Crippen LogP contribution in [-0.2, 0) is 0 Å². The molecule has 0 heterocycles. The lowest BCUT2D eigenvalue weighted by atomic mass is 10.1. The van der Waals surface area contributed by atoms with Crippen LogP contribution in [0.1, 0.15) is 29.6 Å². The Kier molecular flexibility index (Phi) is 4.14. The molecular weight excluding hydrogens is 244 g/mol. The molecule has 0 spiro atoms. The molecule has 0 saturated heterocycles. The van der Waals surface area contributed by atoms with Crippen molar-refractivity contribution in [3.63, 3.8) is 0 Å². The van der Waals surface area contributed by atoms with Crippen molar-refractivity contribution in [3.05, 3.63) is 17.7 Å². The van der Waals surface area contributed by atoms with Crippen molar-refractivity contribution < 1.29 is 14.3 Å². The number of rotatable bonds is 6. The van der Waals surface area contributed by atoms with Crippen molar-refractivity contribution in [2.24, 2.45) is 5.92 Å². The highest BCUT2D eigenvalue weighted by atomic mass is 16.5. The average Bonchev–Trinajstić information content (AvgIpc) is 3.23. The Bertz CT molecular complexity index is 470. The van der Waals surface area contributed by atoms with Crippen LogP contribution in [0.2, 0.25) is 0 Å². The highest BCUT2D eigenvalue weighted by Gasteiger charge is 2.21. The van der Waals surface area contributed by atoms with Gasteiger partial charge in [-0.25, -0.2) is 0 Å². The second-order valence-corrected chi connectivity index (χ2v) is 4.78. The molecule has 0 bridgehead atoms. The minimum Gasteiger partial charge on any atom is -0.497 e. The van der Waals surface area contributed by atoms with Crippen molar-refractivity contribution in [1.82, 2.24) is 5.32 Å². The minimum absolute atomic E-state index is 0.185. The third-order valence-corrected chi connectivity index (χ3v) is 3.35. The second kappa shape index (κ2) is 5.82. The summed E-state index contributed by atoms with van der Waals surface area (Å²) < 4.78 is 10.3. The number of ether oxygens (including phenoxy) is 2. The molecule has 1 fully saturated rings. The zero-order chi connectivity index (χ0) is 13.8. The van der Waals surface area contributed by atoms with Crippen molar-refractivity contribution >= 4 is 11.6 Å². The van der Waals surface area contributed by atoms with Crippen LogP contribution in [0.3, 0.4) is 0 Å². The van der Waals surface area contributed by atoms with Gasteiger partial charge >= 0.3 is 0 Å².